The van der Waals surface area contributed by atoms with Crippen LogP contribution in [0.15, 0.2) is 21.6 Å². The number of nitrogens with one attached hydrogen (secondary N) is 2. The Kier molecular flexibility index (Phi) is 4.03. The van der Waals surface area contributed by atoms with Gasteiger partial charge in [-0.1, -0.05) is 0 Å². The van der Waals surface area contributed by atoms with Crippen LogP contribution < -0.4 is 10.0 Å². The lowest BCUT2D eigenvalue weighted by Crippen LogP contribution is -2.55. The van der Waals surface area contributed by atoms with Gasteiger partial charge >= 0.3 is 5.97 Å². The minimum absolute atomic E-state index is 0.121. The second kappa shape index (κ2) is 5.47. The summed E-state index contributed by atoms with van der Waals surface area (Å²) in [5, 5.41) is 11.1. The van der Waals surface area contributed by atoms with Crippen molar-refractivity contribution in [3.63, 3.8) is 0 Å². The molecule has 1 saturated heterocycles. The van der Waals surface area contributed by atoms with Crippen LogP contribution in [0, 0.1) is 0 Å². The van der Waals surface area contributed by atoms with Gasteiger partial charge in [0, 0.05) is 13.0 Å². The van der Waals surface area contributed by atoms with Gasteiger partial charge in [0.15, 0.2) is 11.3 Å². The lowest BCUT2D eigenvalue weighted by Gasteiger charge is -2.22. The molecule has 10 heteroatoms. The topological polar surface area (TPSA) is 135 Å². The predicted molar refractivity (Wildman–Crippen MR) is 68.2 cm³/mol. The molecule has 21 heavy (non-hydrogen) atoms. The molecule has 2 rings (SSSR count). The van der Waals surface area contributed by atoms with Gasteiger partial charge in [-0.2, -0.15) is 0 Å². The van der Waals surface area contributed by atoms with E-state index in [0.29, 0.717) is 0 Å². The summed E-state index contributed by atoms with van der Waals surface area (Å²) in [6.45, 7) is 0.0561. The Hall–Kier alpha value is -1.91. The van der Waals surface area contributed by atoms with Crippen LogP contribution >= 0.6 is 0 Å². The van der Waals surface area contributed by atoms with E-state index in [1.54, 1.807) is 0 Å². The standard InChI is InChI=1S/C11H14N2O7S/c1-12-21(17,18)8-3-2-7(20-8)9(14)13-11(10(15)16)4-5-19-6-11/h2-3,12H,4-6H2,1H3,(H,13,14)(H,15,16). The number of carbonyl (C=O) groups excluding carboxylic acids is 1. The first-order chi connectivity index (χ1) is 9.81. The van der Waals surface area contributed by atoms with Crippen LogP contribution in [0.5, 0.6) is 0 Å². The maximum Gasteiger partial charge on any atom is 0.331 e. The van der Waals surface area contributed by atoms with Crippen molar-refractivity contribution in [2.45, 2.75) is 17.1 Å². The molecular weight excluding hydrogens is 304 g/mol. The summed E-state index contributed by atoms with van der Waals surface area (Å²) < 4.78 is 35.0. The number of sulfonamides is 1. The van der Waals surface area contributed by atoms with Crippen LogP contribution in [0.4, 0.5) is 0 Å². The average Bonchev–Trinajstić information content (AvgIpc) is 3.08. The third kappa shape index (κ3) is 2.91. The molecular formula is C11H14N2O7S. The maximum atomic E-state index is 12.0. The number of carbonyl (C=O) groups is 2. The normalized spacial score (nSPS) is 22.1. The van der Waals surface area contributed by atoms with Crippen LogP contribution in [0.2, 0.25) is 0 Å². The highest BCUT2D eigenvalue weighted by Crippen LogP contribution is 2.21. The third-order valence-corrected chi connectivity index (χ3v) is 4.41. The van der Waals surface area contributed by atoms with E-state index in [1.807, 2.05) is 4.72 Å². The molecule has 0 aliphatic carbocycles. The monoisotopic (exact) mass is 318 g/mol. The number of amides is 1. The van der Waals surface area contributed by atoms with Crippen molar-refractivity contribution >= 4 is 21.9 Å². The van der Waals surface area contributed by atoms with Crippen LogP contribution in [-0.4, -0.2) is 51.2 Å². The zero-order chi connectivity index (χ0) is 15.7. The Balaban J connectivity index is 2.20. The molecule has 1 atom stereocenters. The first-order valence-electron chi connectivity index (χ1n) is 5.98. The van der Waals surface area contributed by atoms with Crippen LogP contribution in [0.25, 0.3) is 0 Å². The van der Waals surface area contributed by atoms with Gasteiger partial charge in [-0.25, -0.2) is 17.9 Å². The van der Waals surface area contributed by atoms with E-state index >= 15 is 0 Å². The van der Waals surface area contributed by atoms with Gasteiger partial charge in [-0.3, -0.25) is 4.79 Å². The molecule has 0 bridgehead atoms. The van der Waals surface area contributed by atoms with Gasteiger partial charge in [-0.15, -0.1) is 0 Å². The first-order valence-corrected chi connectivity index (χ1v) is 7.46. The molecule has 2 heterocycles. The second-order valence-electron chi connectivity index (χ2n) is 4.47. The molecule has 3 N–H and O–H groups in total. The summed E-state index contributed by atoms with van der Waals surface area (Å²) in [4.78, 5) is 23.3. The van der Waals surface area contributed by atoms with E-state index in [-0.39, 0.29) is 25.4 Å². The minimum atomic E-state index is -3.81. The van der Waals surface area contributed by atoms with E-state index in [1.165, 1.54) is 7.05 Å². The number of furan rings is 1. The molecule has 0 aromatic carbocycles. The smallest absolute Gasteiger partial charge is 0.331 e. The largest absolute Gasteiger partial charge is 0.479 e. The Morgan fingerprint density at radius 2 is 2.10 bits per heavy atom. The SMILES string of the molecule is CNS(=O)(=O)c1ccc(C(=O)NC2(C(=O)O)CCOC2)o1. The molecule has 1 aromatic rings. The Bertz CT molecular complexity index is 658. The number of aliphatic carboxylic acids is 1. The fourth-order valence-corrected chi connectivity index (χ4v) is 2.50. The number of rotatable bonds is 5. The third-order valence-electron chi connectivity index (χ3n) is 3.12. The number of ether oxygens (including phenoxy) is 1. The number of hydrogen-bond donors (Lipinski definition) is 3. The lowest BCUT2D eigenvalue weighted by atomic mass is 9.99. The van der Waals surface area contributed by atoms with Crippen LogP contribution in [0.3, 0.4) is 0 Å². The highest BCUT2D eigenvalue weighted by atomic mass is 32.2. The number of hydrogen-bond acceptors (Lipinski definition) is 6. The Morgan fingerprint density at radius 1 is 1.38 bits per heavy atom. The Labute approximate surface area is 120 Å². The summed E-state index contributed by atoms with van der Waals surface area (Å²) in [5.74, 6) is -2.33. The van der Waals surface area contributed by atoms with Crippen LogP contribution in [-0.2, 0) is 19.6 Å². The summed E-state index contributed by atoms with van der Waals surface area (Å²) >= 11 is 0. The van der Waals surface area contributed by atoms with Gasteiger partial charge in [0.1, 0.15) is 0 Å². The summed E-state index contributed by atoms with van der Waals surface area (Å²) in [7, 11) is -2.61. The molecule has 1 aromatic heterocycles. The van der Waals surface area contributed by atoms with Gasteiger partial charge < -0.3 is 19.6 Å². The zero-order valence-electron chi connectivity index (χ0n) is 11.1. The van der Waals surface area contributed by atoms with Gasteiger partial charge in [-0.05, 0) is 19.2 Å². The lowest BCUT2D eigenvalue weighted by molar-refractivity contribution is -0.144. The highest BCUT2D eigenvalue weighted by Gasteiger charge is 2.44. The summed E-state index contributed by atoms with van der Waals surface area (Å²) in [6, 6.07) is 2.27. The van der Waals surface area contributed by atoms with E-state index in [9.17, 15) is 23.1 Å². The second-order valence-corrected chi connectivity index (χ2v) is 6.29. The van der Waals surface area contributed by atoms with Crippen molar-refractivity contribution < 1.29 is 32.3 Å². The number of carboxylic acids is 1. The molecule has 0 spiro atoms. The fraction of sp³-hybridized carbons (Fsp3) is 0.455. The summed E-state index contributed by atoms with van der Waals surface area (Å²) in [5.41, 5.74) is -1.52. The highest BCUT2D eigenvalue weighted by molar-refractivity contribution is 7.89. The molecule has 0 saturated carbocycles. The van der Waals surface area contributed by atoms with Crippen molar-refractivity contribution in [3.8, 4) is 0 Å². The molecule has 0 radical (unpaired) electrons. The average molecular weight is 318 g/mol. The maximum absolute atomic E-state index is 12.0. The van der Waals surface area contributed by atoms with Gasteiger partial charge in [0.25, 0.3) is 15.9 Å². The number of carboxylic acid groups (broad SMARTS) is 1. The first kappa shape index (κ1) is 15.5. The van der Waals surface area contributed by atoms with Crippen molar-refractivity contribution in [1.82, 2.24) is 10.0 Å². The van der Waals surface area contributed by atoms with Crippen molar-refractivity contribution in [1.29, 1.82) is 0 Å². The molecule has 1 aliphatic rings. The Morgan fingerprint density at radius 3 is 2.62 bits per heavy atom. The minimum Gasteiger partial charge on any atom is -0.479 e. The van der Waals surface area contributed by atoms with Gasteiger partial charge in [0.05, 0.1) is 6.61 Å². The van der Waals surface area contributed by atoms with E-state index in [4.69, 9.17) is 9.15 Å². The van der Waals surface area contributed by atoms with E-state index in [0.717, 1.165) is 12.1 Å². The predicted octanol–water partition coefficient (Wildman–Crippen LogP) is -0.839. The molecule has 116 valence electrons. The fourth-order valence-electron chi connectivity index (χ4n) is 1.85. The zero-order valence-corrected chi connectivity index (χ0v) is 11.9. The quantitative estimate of drug-likeness (QED) is 0.644. The van der Waals surface area contributed by atoms with Crippen molar-refractivity contribution in [3.05, 3.63) is 17.9 Å². The van der Waals surface area contributed by atoms with Crippen molar-refractivity contribution in [2.75, 3.05) is 20.3 Å². The molecule has 1 unspecified atom stereocenters. The van der Waals surface area contributed by atoms with E-state index in [2.05, 4.69) is 5.32 Å². The molecule has 1 amide bonds. The molecule has 9 nitrogen and oxygen atoms in total. The van der Waals surface area contributed by atoms with Crippen molar-refractivity contribution in [2.24, 2.45) is 0 Å². The summed E-state index contributed by atoms with van der Waals surface area (Å²) in [6.07, 6.45) is 0.121. The van der Waals surface area contributed by atoms with Crippen LogP contribution in [0.1, 0.15) is 17.0 Å². The van der Waals surface area contributed by atoms with Gasteiger partial charge in [0.2, 0.25) is 5.09 Å². The molecule has 1 fully saturated rings. The van der Waals surface area contributed by atoms with E-state index < -0.39 is 32.5 Å². The molecule has 1 aliphatic heterocycles.